The number of hydrogen-bond acceptors (Lipinski definition) is 3. The van der Waals surface area contributed by atoms with Crippen LogP contribution in [0.3, 0.4) is 0 Å². The molecule has 0 unspecified atom stereocenters. The van der Waals surface area contributed by atoms with Crippen LogP contribution in [0.4, 0.5) is 11.4 Å². The fraction of sp³-hybridized carbons (Fsp3) is 0.519. The van der Waals surface area contributed by atoms with Crippen molar-refractivity contribution in [3.63, 3.8) is 0 Å². The molecule has 0 aromatic heterocycles. The maximum absolute atomic E-state index is 11.4. The van der Waals surface area contributed by atoms with Gasteiger partial charge in [0.2, 0.25) is 0 Å². The minimum Gasteiger partial charge on any atom is -0.367 e. The van der Waals surface area contributed by atoms with Crippen LogP contribution in [-0.2, 0) is 11.2 Å². The molecule has 0 aliphatic carbocycles. The second kappa shape index (κ2) is 12.5. The lowest BCUT2D eigenvalue weighted by atomic mass is 10.1. The first-order valence-corrected chi connectivity index (χ1v) is 12.5. The van der Waals surface area contributed by atoms with E-state index in [1.807, 2.05) is 6.92 Å². The van der Waals surface area contributed by atoms with E-state index in [0.717, 1.165) is 25.1 Å². The molecule has 0 spiro atoms. The second-order valence-corrected chi connectivity index (χ2v) is 10.1. The summed E-state index contributed by atoms with van der Waals surface area (Å²) in [5, 5.41) is 1.17. The van der Waals surface area contributed by atoms with Crippen molar-refractivity contribution in [2.24, 2.45) is 5.92 Å². The molecule has 176 valence electrons. The average Bonchev–Trinajstić information content (AvgIpc) is 2.88. The van der Waals surface area contributed by atoms with Crippen LogP contribution in [0, 0.1) is 5.92 Å². The van der Waals surface area contributed by atoms with E-state index >= 15 is 0 Å². The number of Topliss-reactive ketones (excluding diaryl/α,β-unsaturated/α-hetero) is 1. The molecule has 0 N–H and O–H groups in total. The Labute approximate surface area is 204 Å². The molecule has 0 saturated carbocycles. The van der Waals surface area contributed by atoms with Crippen LogP contribution >= 0.6 is 23.2 Å². The molecule has 0 radical (unpaired) electrons. The van der Waals surface area contributed by atoms with Gasteiger partial charge in [-0.15, -0.1) is 0 Å². The first-order chi connectivity index (χ1) is 15.1. The summed E-state index contributed by atoms with van der Waals surface area (Å²) in [4.78, 5) is 16.4. The highest BCUT2D eigenvalue weighted by Gasteiger charge is 2.26. The van der Waals surface area contributed by atoms with Crippen molar-refractivity contribution in [3.8, 4) is 0 Å². The Balaban J connectivity index is 0.000000235. The Morgan fingerprint density at radius 1 is 0.969 bits per heavy atom. The lowest BCUT2D eigenvalue weighted by Crippen LogP contribution is -2.36. The zero-order chi connectivity index (χ0) is 23.8. The molecule has 1 aliphatic rings. The number of anilines is 2. The second-order valence-electron chi connectivity index (χ2n) is 9.29. The van der Waals surface area contributed by atoms with Gasteiger partial charge in [0.1, 0.15) is 5.78 Å². The molecule has 0 saturated heterocycles. The number of fused-ring (bicyclic) bond motifs is 1. The van der Waals surface area contributed by atoms with Gasteiger partial charge in [-0.2, -0.15) is 0 Å². The van der Waals surface area contributed by atoms with Crippen molar-refractivity contribution in [3.05, 3.63) is 58.1 Å². The third-order valence-corrected chi connectivity index (χ3v) is 6.28. The zero-order valence-corrected chi connectivity index (χ0v) is 21.9. The SMILES string of the molecule is CC1CN(C(C)C)c2ccccc2N(C(C)C)C1.CCCC(=O)Cc1ccc(Cl)cc1Cl. The van der Waals surface area contributed by atoms with Crippen LogP contribution in [0.25, 0.3) is 0 Å². The van der Waals surface area contributed by atoms with Crippen molar-refractivity contribution in [1.82, 2.24) is 0 Å². The highest BCUT2D eigenvalue weighted by molar-refractivity contribution is 6.35. The third-order valence-electron chi connectivity index (χ3n) is 5.70. The van der Waals surface area contributed by atoms with Gasteiger partial charge in [0.25, 0.3) is 0 Å². The predicted octanol–water partition coefficient (Wildman–Crippen LogP) is 7.67. The summed E-state index contributed by atoms with van der Waals surface area (Å²) in [6.07, 6.45) is 1.90. The monoisotopic (exact) mass is 476 g/mol. The van der Waals surface area contributed by atoms with Gasteiger partial charge in [0.05, 0.1) is 11.4 Å². The van der Waals surface area contributed by atoms with Crippen LogP contribution in [0.1, 0.15) is 59.9 Å². The van der Waals surface area contributed by atoms with Crippen molar-refractivity contribution >= 4 is 40.4 Å². The van der Waals surface area contributed by atoms with E-state index in [1.165, 1.54) is 11.4 Å². The van der Waals surface area contributed by atoms with E-state index in [-0.39, 0.29) is 5.78 Å². The predicted molar refractivity (Wildman–Crippen MR) is 141 cm³/mol. The number of carbonyl (C=O) groups is 1. The first kappa shape index (κ1) is 26.5. The maximum Gasteiger partial charge on any atom is 0.137 e. The van der Waals surface area contributed by atoms with E-state index in [0.29, 0.717) is 40.9 Å². The number of benzene rings is 2. The van der Waals surface area contributed by atoms with Gasteiger partial charge >= 0.3 is 0 Å². The van der Waals surface area contributed by atoms with Crippen molar-refractivity contribution in [2.45, 2.75) is 72.9 Å². The molecule has 3 rings (SSSR count). The minimum atomic E-state index is 0.219. The molecule has 32 heavy (non-hydrogen) atoms. The van der Waals surface area contributed by atoms with Crippen LogP contribution in [0.15, 0.2) is 42.5 Å². The number of hydrogen-bond donors (Lipinski definition) is 0. The van der Waals surface area contributed by atoms with Crippen LogP contribution in [0.5, 0.6) is 0 Å². The quantitative estimate of drug-likeness (QED) is 0.427. The zero-order valence-electron chi connectivity index (χ0n) is 20.4. The summed E-state index contributed by atoms with van der Waals surface area (Å²) in [6, 6.07) is 15.2. The molecule has 2 aromatic rings. The van der Waals surface area contributed by atoms with Crippen LogP contribution < -0.4 is 9.80 Å². The number of rotatable bonds is 6. The van der Waals surface area contributed by atoms with Crippen LogP contribution in [-0.4, -0.2) is 31.0 Å². The molecule has 3 nitrogen and oxygen atoms in total. The van der Waals surface area contributed by atoms with Gasteiger partial charge in [-0.05, 0) is 69.9 Å². The topological polar surface area (TPSA) is 23.6 Å². The normalized spacial score (nSPS) is 14.2. The molecule has 2 aromatic carbocycles. The Kier molecular flexibility index (Phi) is 10.4. The Morgan fingerprint density at radius 2 is 1.50 bits per heavy atom. The lowest BCUT2D eigenvalue weighted by molar-refractivity contribution is -0.118. The van der Waals surface area contributed by atoms with Gasteiger partial charge in [0.15, 0.2) is 0 Å². The van der Waals surface area contributed by atoms with Crippen molar-refractivity contribution in [1.29, 1.82) is 0 Å². The Bertz CT molecular complexity index is 845. The highest BCUT2D eigenvalue weighted by atomic mass is 35.5. The molecule has 0 fully saturated rings. The largest absolute Gasteiger partial charge is 0.367 e. The molecule has 0 bridgehead atoms. The molecule has 5 heteroatoms. The molecule has 0 amide bonds. The fourth-order valence-electron chi connectivity index (χ4n) is 4.10. The standard InChI is InChI=1S/C16H26N2.C11H12Cl2O/c1-12(2)17-10-14(5)11-18(13(3)4)16-9-7-6-8-15(16)17;1-2-3-10(14)6-8-4-5-9(12)7-11(8)13/h6-9,12-14H,10-11H2,1-5H3;4-5,7H,2-3,6H2,1H3. The average molecular weight is 478 g/mol. The van der Waals surface area contributed by atoms with E-state index in [9.17, 15) is 4.79 Å². The first-order valence-electron chi connectivity index (χ1n) is 11.7. The van der Waals surface area contributed by atoms with Gasteiger partial charge < -0.3 is 9.80 Å². The Hall–Kier alpha value is -1.71. The fourth-order valence-corrected chi connectivity index (χ4v) is 4.57. The van der Waals surface area contributed by atoms with Crippen molar-refractivity contribution < 1.29 is 4.79 Å². The van der Waals surface area contributed by atoms with Crippen LogP contribution in [0.2, 0.25) is 10.0 Å². The summed E-state index contributed by atoms with van der Waals surface area (Å²) < 4.78 is 0. The lowest BCUT2D eigenvalue weighted by Gasteiger charge is -2.32. The maximum atomic E-state index is 11.4. The number of carbonyl (C=O) groups excluding carboxylic acids is 1. The van der Waals surface area contributed by atoms with E-state index in [1.54, 1.807) is 18.2 Å². The molecular weight excluding hydrogens is 439 g/mol. The Morgan fingerprint density at radius 3 is 1.94 bits per heavy atom. The molecule has 1 aliphatic heterocycles. The van der Waals surface area contributed by atoms with E-state index in [4.69, 9.17) is 23.2 Å². The molecular formula is C27H38Cl2N2O. The number of nitrogens with zero attached hydrogens (tertiary/aromatic N) is 2. The van der Waals surface area contributed by atoms with Gasteiger partial charge in [-0.3, -0.25) is 4.79 Å². The number of halogens is 2. The highest BCUT2D eigenvalue weighted by Crippen LogP contribution is 2.35. The van der Waals surface area contributed by atoms with Gasteiger partial charge in [-0.25, -0.2) is 0 Å². The smallest absolute Gasteiger partial charge is 0.137 e. The van der Waals surface area contributed by atoms with E-state index < -0.39 is 0 Å². The van der Waals surface area contributed by atoms with Crippen molar-refractivity contribution in [2.75, 3.05) is 22.9 Å². The molecule has 0 atom stereocenters. The molecule has 1 heterocycles. The third kappa shape index (κ3) is 7.42. The number of para-hydroxylation sites is 2. The summed E-state index contributed by atoms with van der Waals surface area (Å²) in [5.41, 5.74) is 3.64. The summed E-state index contributed by atoms with van der Waals surface area (Å²) in [6.45, 7) is 15.8. The van der Waals surface area contributed by atoms with E-state index in [2.05, 4.69) is 68.7 Å². The van der Waals surface area contributed by atoms with Gasteiger partial charge in [0, 0.05) is 48.1 Å². The summed E-state index contributed by atoms with van der Waals surface area (Å²) in [5.74, 6) is 0.916. The summed E-state index contributed by atoms with van der Waals surface area (Å²) >= 11 is 11.7. The minimum absolute atomic E-state index is 0.219. The van der Waals surface area contributed by atoms with Gasteiger partial charge in [-0.1, -0.05) is 55.2 Å². The number of ketones is 1. The summed E-state index contributed by atoms with van der Waals surface area (Å²) in [7, 11) is 0.